The third kappa shape index (κ3) is 4.51. The van der Waals surface area contributed by atoms with Crippen LogP contribution in [-0.2, 0) is 6.54 Å². The highest BCUT2D eigenvalue weighted by molar-refractivity contribution is 5.92. The second-order valence-electron chi connectivity index (χ2n) is 5.18. The first-order valence-electron chi connectivity index (χ1n) is 7.37. The molecule has 22 heavy (non-hydrogen) atoms. The Hall–Kier alpha value is -2.50. The van der Waals surface area contributed by atoms with Gasteiger partial charge < -0.3 is 10.6 Å². The normalized spacial score (nSPS) is 11.8. The van der Waals surface area contributed by atoms with Crippen LogP contribution in [-0.4, -0.2) is 26.9 Å². The summed E-state index contributed by atoms with van der Waals surface area (Å²) in [6.07, 6.45) is 4.38. The predicted octanol–water partition coefficient (Wildman–Crippen LogP) is 2.32. The van der Waals surface area contributed by atoms with Gasteiger partial charge in [0.05, 0.1) is 0 Å². The summed E-state index contributed by atoms with van der Waals surface area (Å²) in [4.78, 5) is 24.7. The molecule has 0 spiro atoms. The molecule has 0 saturated heterocycles. The Balaban J connectivity index is 2.05. The predicted molar refractivity (Wildman–Crippen MR) is 85.6 cm³/mol. The lowest BCUT2D eigenvalue weighted by Gasteiger charge is -2.13. The maximum atomic E-state index is 12.2. The summed E-state index contributed by atoms with van der Waals surface area (Å²) in [7, 11) is 0. The molecule has 2 rings (SSSR count). The van der Waals surface area contributed by atoms with Crippen LogP contribution >= 0.6 is 0 Å². The standard InChI is InChI=1S/C16H21N5O/c1-4-11(2)19-15-9-14(20-12(3)21-15)16(22)18-10-13-5-7-17-8-6-13/h5-9,11H,4,10H2,1-3H3,(H,18,22)(H,19,20,21). The van der Waals surface area contributed by atoms with Crippen LogP contribution in [0.15, 0.2) is 30.6 Å². The van der Waals surface area contributed by atoms with E-state index in [1.54, 1.807) is 25.4 Å². The highest BCUT2D eigenvalue weighted by Gasteiger charge is 2.11. The summed E-state index contributed by atoms with van der Waals surface area (Å²) in [5.41, 5.74) is 1.36. The van der Waals surface area contributed by atoms with Gasteiger partial charge in [-0.2, -0.15) is 0 Å². The van der Waals surface area contributed by atoms with E-state index in [0.717, 1.165) is 12.0 Å². The zero-order valence-corrected chi connectivity index (χ0v) is 13.1. The lowest BCUT2D eigenvalue weighted by molar-refractivity contribution is 0.0945. The number of carbonyl (C=O) groups is 1. The number of carbonyl (C=O) groups excluding carboxylic acids is 1. The molecule has 1 atom stereocenters. The summed E-state index contributed by atoms with van der Waals surface area (Å²) in [5.74, 6) is 1.03. The molecule has 6 nitrogen and oxygen atoms in total. The fourth-order valence-corrected chi connectivity index (χ4v) is 1.89. The lowest BCUT2D eigenvalue weighted by Crippen LogP contribution is -2.25. The number of nitrogens with one attached hydrogen (secondary N) is 2. The number of hydrogen-bond donors (Lipinski definition) is 2. The van der Waals surface area contributed by atoms with Crippen LogP contribution in [0.1, 0.15) is 42.1 Å². The van der Waals surface area contributed by atoms with Crippen LogP contribution in [0.4, 0.5) is 5.82 Å². The van der Waals surface area contributed by atoms with E-state index in [0.29, 0.717) is 29.9 Å². The first-order chi connectivity index (χ1) is 10.6. The first-order valence-corrected chi connectivity index (χ1v) is 7.37. The van der Waals surface area contributed by atoms with Gasteiger partial charge in [-0.15, -0.1) is 0 Å². The Labute approximate surface area is 130 Å². The molecule has 1 amide bonds. The Bertz CT molecular complexity index is 630. The van der Waals surface area contributed by atoms with Crippen molar-refractivity contribution in [1.29, 1.82) is 0 Å². The number of rotatable bonds is 6. The van der Waals surface area contributed by atoms with E-state index in [-0.39, 0.29) is 5.91 Å². The molecule has 0 aliphatic carbocycles. The van der Waals surface area contributed by atoms with Gasteiger partial charge in [-0.3, -0.25) is 9.78 Å². The quantitative estimate of drug-likeness (QED) is 0.855. The van der Waals surface area contributed by atoms with E-state index < -0.39 is 0 Å². The van der Waals surface area contributed by atoms with Crippen molar-refractivity contribution >= 4 is 11.7 Å². The molecular weight excluding hydrogens is 278 g/mol. The zero-order chi connectivity index (χ0) is 15.9. The SMILES string of the molecule is CCC(C)Nc1cc(C(=O)NCc2ccncc2)nc(C)n1. The van der Waals surface area contributed by atoms with Gasteiger partial charge in [-0.05, 0) is 38.0 Å². The minimum absolute atomic E-state index is 0.213. The monoisotopic (exact) mass is 299 g/mol. The fourth-order valence-electron chi connectivity index (χ4n) is 1.89. The van der Waals surface area contributed by atoms with Crippen LogP contribution in [0, 0.1) is 6.92 Å². The molecule has 0 radical (unpaired) electrons. The molecule has 0 fully saturated rings. The van der Waals surface area contributed by atoms with Crippen LogP contribution in [0.5, 0.6) is 0 Å². The van der Waals surface area contributed by atoms with Crippen molar-refractivity contribution < 1.29 is 4.79 Å². The molecule has 1 unspecified atom stereocenters. The van der Waals surface area contributed by atoms with Gasteiger partial charge in [0.25, 0.3) is 5.91 Å². The van der Waals surface area contributed by atoms with E-state index in [2.05, 4.69) is 39.4 Å². The third-order valence-electron chi connectivity index (χ3n) is 3.28. The summed E-state index contributed by atoms with van der Waals surface area (Å²) in [5, 5.41) is 6.11. The topological polar surface area (TPSA) is 79.8 Å². The summed E-state index contributed by atoms with van der Waals surface area (Å²) in [6, 6.07) is 5.70. The molecule has 2 heterocycles. The fraction of sp³-hybridized carbons (Fsp3) is 0.375. The number of hydrogen-bond acceptors (Lipinski definition) is 5. The van der Waals surface area contributed by atoms with E-state index in [1.807, 2.05) is 12.1 Å². The summed E-state index contributed by atoms with van der Waals surface area (Å²) in [6.45, 7) is 6.38. The van der Waals surface area contributed by atoms with Gasteiger partial charge in [0.1, 0.15) is 17.3 Å². The number of nitrogens with zero attached hydrogens (tertiary/aromatic N) is 3. The van der Waals surface area contributed by atoms with Crippen LogP contribution in [0.2, 0.25) is 0 Å². The molecule has 0 aliphatic rings. The summed E-state index contributed by atoms with van der Waals surface area (Å²) < 4.78 is 0. The van der Waals surface area contributed by atoms with Gasteiger partial charge in [0, 0.05) is 31.0 Å². The van der Waals surface area contributed by atoms with Crippen molar-refractivity contribution in [2.45, 2.75) is 39.8 Å². The number of anilines is 1. The smallest absolute Gasteiger partial charge is 0.270 e. The Morgan fingerprint density at radius 2 is 2.00 bits per heavy atom. The van der Waals surface area contributed by atoms with Gasteiger partial charge in [-0.25, -0.2) is 9.97 Å². The minimum atomic E-state index is -0.213. The molecule has 0 aromatic carbocycles. The van der Waals surface area contributed by atoms with E-state index >= 15 is 0 Å². The Morgan fingerprint density at radius 3 is 2.68 bits per heavy atom. The maximum absolute atomic E-state index is 12.2. The number of aromatic nitrogens is 3. The van der Waals surface area contributed by atoms with Gasteiger partial charge in [0.15, 0.2) is 0 Å². The Morgan fingerprint density at radius 1 is 1.27 bits per heavy atom. The number of pyridine rings is 1. The van der Waals surface area contributed by atoms with Gasteiger partial charge in [-0.1, -0.05) is 6.92 Å². The molecule has 0 bridgehead atoms. The highest BCUT2D eigenvalue weighted by atomic mass is 16.1. The highest BCUT2D eigenvalue weighted by Crippen LogP contribution is 2.09. The maximum Gasteiger partial charge on any atom is 0.270 e. The van der Waals surface area contributed by atoms with E-state index in [1.165, 1.54) is 0 Å². The van der Waals surface area contributed by atoms with Crippen LogP contribution in [0.3, 0.4) is 0 Å². The van der Waals surface area contributed by atoms with Crippen LogP contribution in [0.25, 0.3) is 0 Å². The lowest BCUT2D eigenvalue weighted by atomic mass is 10.2. The number of aryl methyl sites for hydroxylation is 1. The van der Waals surface area contributed by atoms with Crippen molar-refractivity contribution in [3.63, 3.8) is 0 Å². The average molecular weight is 299 g/mol. The van der Waals surface area contributed by atoms with E-state index in [9.17, 15) is 4.79 Å². The van der Waals surface area contributed by atoms with E-state index in [4.69, 9.17) is 0 Å². The molecule has 6 heteroatoms. The number of amides is 1. The van der Waals surface area contributed by atoms with Crippen molar-refractivity contribution in [3.05, 3.63) is 47.7 Å². The van der Waals surface area contributed by atoms with Crippen molar-refractivity contribution in [3.8, 4) is 0 Å². The third-order valence-corrected chi connectivity index (χ3v) is 3.28. The van der Waals surface area contributed by atoms with Crippen molar-refractivity contribution in [2.24, 2.45) is 0 Å². The second-order valence-corrected chi connectivity index (χ2v) is 5.18. The van der Waals surface area contributed by atoms with Crippen molar-refractivity contribution in [2.75, 3.05) is 5.32 Å². The molecule has 0 aliphatic heterocycles. The molecule has 0 saturated carbocycles. The molecule has 2 N–H and O–H groups in total. The second kappa shape index (κ2) is 7.49. The molecular formula is C16H21N5O. The first kappa shape index (κ1) is 15.9. The Kier molecular flexibility index (Phi) is 5.41. The van der Waals surface area contributed by atoms with Gasteiger partial charge in [0.2, 0.25) is 0 Å². The van der Waals surface area contributed by atoms with Crippen LogP contribution < -0.4 is 10.6 Å². The average Bonchev–Trinajstić information content (AvgIpc) is 2.52. The molecule has 2 aromatic rings. The molecule has 116 valence electrons. The largest absolute Gasteiger partial charge is 0.368 e. The van der Waals surface area contributed by atoms with Gasteiger partial charge >= 0.3 is 0 Å². The molecule has 2 aromatic heterocycles. The summed E-state index contributed by atoms with van der Waals surface area (Å²) >= 11 is 0. The minimum Gasteiger partial charge on any atom is -0.368 e. The van der Waals surface area contributed by atoms with Crippen molar-refractivity contribution in [1.82, 2.24) is 20.3 Å². The zero-order valence-electron chi connectivity index (χ0n) is 13.1.